The molecule has 0 aromatic heterocycles. The Labute approximate surface area is 130 Å². The zero-order valence-electron chi connectivity index (χ0n) is 9.75. The Morgan fingerprint density at radius 2 is 1.95 bits per heavy atom. The van der Waals surface area contributed by atoms with Crippen LogP contribution in [0.25, 0.3) is 0 Å². The lowest BCUT2D eigenvalue weighted by Crippen LogP contribution is -2.01. The summed E-state index contributed by atoms with van der Waals surface area (Å²) in [4.78, 5) is 0. The summed E-state index contributed by atoms with van der Waals surface area (Å²) in [6.07, 6.45) is 0. The number of rotatable bonds is 3. The summed E-state index contributed by atoms with van der Waals surface area (Å²) in [5.74, 6) is 0. The molecule has 0 saturated carbocycles. The summed E-state index contributed by atoms with van der Waals surface area (Å²) >= 11 is 15.5. The van der Waals surface area contributed by atoms with Crippen LogP contribution in [0.3, 0.4) is 0 Å². The molecule has 0 aliphatic heterocycles. The first-order valence-corrected chi connectivity index (χ1v) is 7.02. The van der Waals surface area contributed by atoms with Gasteiger partial charge in [0.15, 0.2) is 0 Å². The minimum absolute atomic E-state index is 0.559. The van der Waals surface area contributed by atoms with E-state index in [1.807, 2.05) is 12.1 Å². The summed E-state index contributed by atoms with van der Waals surface area (Å²) < 4.78 is 0.838. The number of nitrogens with zero attached hydrogens (tertiary/aromatic N) is 1. The van der Waals surface area contributed by atoms with Crippen LogP contribution in [-0.4, -0.2) is 0 Å². The number of nitriles is 1. The lowest BCUT2D eigenvalue weighted by atomic mass is 10.2. The third-order valence-electron chi connectivity index (χ3n) is 2.58. The molecule has 0 aliphatic rings. The third kappa shape index (κ3) is 3.63. The summed E-state index contributed by atoms with van der Waals surface area (Å²) in [5, 5.41) is 13.4. The van der Waals surface area contributed by atoms with Crippen LogP contribution in [0.2, 0.25) is 10.0 Å². The Bertz CT molecular complexity index is 650. The van der Waals surface area contributed by atoms with Crippen molar-refractivity contribution in [2.75, 3.05) is 5.32 Å². The number of nitrogens with one attached hydrogen (secondary N) is 1. The first-order chi connectivity index (χ1) is 9.10. The van der Waals surface area contributed by atoms with Gasteiger partial charge in [0.2, 0.25) is 0 Å². The molecule has 2 aromatic rings. The van der Waals surface area contributed by atoms with Gasteiger partial charge in [0.25, 0.3) is 0 Å². The lowest BCUT2D eigenvalue weighted by molar-refractivity contribution is 1.15. The molecule has 5 heteroatoms. The van der Waals surface area contributed by atoms with Crippen molar-refractivity contribution < 1.29 is 0 Å². The molecule has 96 valence electrons. The maximum atomic E-state index is 8.80. The van der Waals surface area contributed by atoms with E-state index in [0.717, 1.165) is 15.7 Å². The largest absolute Gasteiger partial charge is 0.380 e. The molecule has 0 atom stereocenters. The van der Waals surface area contributed by atoms with Gasteiger partial charge in [-0.15, -0.1) is 0 Å². The maximum absolute atomic E-state index is 8.80. The standard InChI is InChI=1S/C14H9BrCl2N2/c15-12-5-9(7-18)1-4-14(12)19-8-10-6-11(16)2-3-13(10)17/h1-6,19H,8H2. The van der Waals surface area contributed by atoms with Gasteiger partial charge in [-0.25, -0.2) is 0 Å². The van der Waals surface area contributed by atoms with Crippen molar-refractivity contribution in [2.24, 2.45) is 0 Å². The molecule has 19 heavy (non-hydrogen) atoms. The number of benzene rings is 2. The topological polar surface area (TPSA) is 35.8 Å². The molecule has 1 N–H and O–H groups in total. The molecule has 0 unspecified atom stereocenters. The zero-order chi connectivity index (χ0) is 13.8. The van der Waals surface area contributed by atoms with E-state index in [0.29, 0.717) is 22.2 Å². The monoisotopic (exact) mass is 354 g/mol. The van der Waals surface area contributed by atoms with Gasteiger partial charge in [-0.3, -0.25) is 0 Å². The fourth-order valence-electron chi connectivity index (χ4n) is 1.60. The fourth-order valence-corrected chi connectivity index (χ4v) is 2.50. The van der Waals surface area contributed by atoms with Gasteiger partial charge in [0, 0.05) is 26.8 Å². The molecule has 0 radical (unpaired) electrons. The highest BCUT2D eigenvalue weighted by atomic mass is 79.9. The van der Waals surface area contributed by atoms with Crippen molar-refractivity contribution in [3.05, 3.63) is 62.0 Å². The predicted octanol–water partition coefficient (Wildman–Crippen LogP) is 5.24. The Hall–Kier alpha value is -1.21. The van der Waals surface area contributed by atoms with E-state index in [2.05, 4.69) is 27.3 Å². The second-order valence-electron chi connectivity index (χ2n) is 3.90. The highest BCUT2D eigenvalue weighted by molar-refractivity contribution is 9.10. The fraction of sp³-hybridized carbons (Fsp3) is 0.0714. The van der Waals surface area contributed by atoms with Gasteiger partial charge in [0.1, 0.15) is 0 Å². The Morgan fingerprint density at radius 3 is 2.63 bits per heavy atom. The average Bonchev–Trinajstić information content (AvgIpc) is 2.40. The average molecular weight is 356 g/mol. The first-order valence-electron chi connectivity index (χ1n) is 5.47. The van der Waals surface area contributed by atoms with Crippen molar-refractivity contribution in [2.45, 2.75) is 6.54 Å². The van der Waals surface area contributed by atoms with Crippen molar-refractivity contribution in [3.8, 4) is 6.07 Å². The van der Waals surface area contributed by atoms with E-state index in [4.69, 9.17) is 28.5 Å². The predicted molar refractivity (Wildman–Crippen MR) is 82.6 cm³/mol. The van der Waals surface area contributed by atoms with Crippen LogP contribution in [-0.2, 0) is 6.54 Å². The van der Waals surface area contributed by atoms with Crippen LogP contribution < -0.4 is 5.32 Å². The number of anilines is 1. The normalized spacial score (nSPS) is 10.0. The molecule has 2 rings (SSSR count). The molecule has 0 spiro atoms. The number of hydrogen-bond acceptors (Lipinski definition) is 2. The van der Waals surface area contributed by atoms with E-state index in [-0.39, 0.29) is 0 Å². The van der Waals surface area contributed by atoms with Crippen LogP contribution >= 0.6 is 39.1 Å². The Kier molecular flexibility index (Phi) is 4.71. The molecular formula is C14H9BrCl2N2. The second kappa shape index (κ2) is 6.29. The minimum Gasteiger partial charge on any atom is -0.380 e. The summed E-state index contributed by atoms with van der Waals surface area (Å²) in [7, 11) is 0. The maximum Gasteiger partial charge on any atom is 0.0992 e. The Balaban J connectivity index is 2.15. The number of halogens is 3. The number of hydrogen-bond donors (Lipinski definition) is 1. The van der Waals surface area contributed by atoms with Gasteiger partial charge < -0.3 is 5.32 Å². The van der Waals surface area contributed by atoms with Crippen LogP contribution in [0.4, 0.5) is 5.69 Å². The molecule has 0 aliphatic carbocycles. The zero-order valence-corrected chi connectivity index (χ0v) is 12.9. The molecule has 0 amide bonds. The van der Waals surface area contributed by atoms with Crippen LogP contribution in [0.15, 0.2) is 40.9 Å². The summed E-state index contributed by atoms with van der Waals surface area (Å²) in [6.45, 7) is 0.559. The Morgan fingerprint density at radius 1 is 1.16 bits per heavy atom. The molecule has 2 nitrogen and oxygen atoms in total. The highest BCUT2D eigenvalue weighted by Crippen LogP contribution is 2.26. The second-order valence-corrected chi connectivity index (χ2v) is 5.59. The van der Waals surface area contributed by atoms with Crippen molar-refractivity contribution in [3.63, 3.8) is 0 Å². The van der Waals surface area contributed by atoms with Crippen LogP contribution in [0.5, 0.6) is 0 Å². The third-order valence-corrected chi connectivity index (χ3v) is 3.84. The smallest absolute Gasteiger partial charge is 0.0992 e. The molecule has 0 saturated heterocycles. The van der Waals surface area contributed by atoms with E-state index in [9.17, 15) is 0 Å². The molecule has 2 aromatic carbocycles. The van der Waals surface area contributed by atoms with Gasteiger partial charge >= 0.3 is 0 Å². The van der Waals surface area contributed by atoms with E-state index < -0.39 is 0 Å². The van der Waals surface area contributed by atoms with Crippen LogP contribution in [0.1, 0.15) is 11.1 Å². The molecular weight excluding hydrogens is 347 g/mol. The molecule has 0 bridgehead atoms. The lowest BCUT2D eigenvalue weighted by Gasteiger charge is -2.10. The summed E-state index contributed by atoms with van der Waals surface area (Å²) in [6, 6.07) is 12.8. The van der Waals surface area contributed by atoms with E-state index in [1.165, 1.54) is 0 Å². The van der Waals surface area contributed by atoms with Gasteiger partial charge in [0.05, 0.1) is 11.6 Å². The van der Waals surface area contributed by atoms with Gasteiger partial charge in [-0.2, -0.15) is 5.26 Å². The SMILES string of the molecule is N#Cc1ccc(NCc2cc(Cl)ccc2Cl)c(Br)c1. The molecule has 0 heterocycles. The molecule has 0 fully saturated rings. The minimum atomic E-state index is 0.559. The first kappa shape index (κ1) is 14.2. The summed E-state index contributed by atoms with van der Waals surface area (Å²) in [5.41, 5.74) is 2.43. The highest BCUT2D eigenvalue weighted by Gasteiger charge is 2.04. The van der Waals surface area contributed by atoms with Crippen LogP contribution in [0, 0.1) is 11.3 Å². The van der Waals surface area contributed by atoms with Gasteiger partial charge in [-0.05, 0) is 57.9 Å². The van der Waals surface area contributed by atoms with E-state index in [1.54, 1.807) is 24.3 Å². The van der Waals surface area contributed by atoms with Crippen molar-refractivity contribution >= 4 is 44.8 Å². The van der Waals surface area contributed by atoms with Gasteiger partial charge in [-0.1, -0.05) is 23.2 Å². The van der Waals surface area contributed by atoms with Crippen molar-refractivity contribution in [1.82, 2.24) is 0 Å². The van der Waals surface area contributed by atoms with Crippen molar-refractivity contribution in [1.29, 1.82) is 5.26 Å². The van der Waals surface area contributed by atoms with E-state index >= 15 is 0 Å². The quantitative estimate of drug-likeness (QED) is 0.817.